The highest BCUT2D eigenvalue weighted by atomic mass is 15.1. The maximum Gasteiger partial charge on any atom is 0.000966 e. The van der Waals surface area contributed by atoms with E-state index >= 15 is 0 Å². The van der Waals surface area contributed by atoms with Gasteiger partial charge in [-0.2, -0.15) is 0 Å². The van der Waals surface area contributed by atoms with Crippen LogP contribution in [0.15, 0.2) is 0 Å². The predicted molar refractivity (Wildman–Crippen MR) is 74.0 cm³/mol. The Balaban J connectivity index is 1.67. The van der Waals surface area contributed by atoms with Crippen molar-refractivity contribution < 1.29 is 0 Å². The molecule has 2 aliphatic carbocycles. The van der Waals surface area contributed by atoms with Gasteiger partial charge in [-0.3, -0.25) is 0 Å². The Morgan fingerprint density at radius 3 is 1.82 bits per heavy atom. The van der Waals surface area contributed by atoms with Crippen molar-refractivity contribution in [3.05, 3.63) is 0 Å². The van der Waals surface area contributed by atoms with Gasteiger partial charge in [0.05, 0.1) is 0 Å². The molecule has 2 nitrogen and oxygen atoms in total. The van der Waals surface area contributed by atoms with Crippen LogP contribution in [0.1, 0.15) is 51.9 Å². The molecule has 0 bridgehead atoms. The fourth-order valence-corrected chi connectivity index (χ4v) is 3.39. The lowest BCUT2D eigenvalue weighted by Crippen LogP contribution is -2.37. The van der Waals surface area contributed by atoms with Crippen LogP contribution in [0, 0.1) is 17.8 Å². The molecule has 2 rings (SSSR count). The average molecular weight is 238 g/mol. The fourth-order valence-electron chi connectivity index (χ4n) is 3.39. The molecule has 0 aromatic heterocycles. The van der Waals surface area contributed by atoms with E-state index in [2.05, 4.69) is 11.8 Å². The minimum Gasteiger partial charge on any atom is -0.330 e. The van der Waals surface area contributed by atoms with E-state index in [4.69, 9.17) is 5.73 Å². The average Bonchev–Trinajstić information content (AvgIpc) is 2.33. The molecule has 0 saturated heterocycles. The van der Waals surface area contributed by atoms with E-state index in [-0.39, 0.29) is 0 Å². The summed E-state index contributed by atoms with van der Waals surface area (Å²) in [5.74, 6) is 2.81. The molecule has 2 saturated carbocycles. The molecule has 2 fully saturated rings. The SMILES string of the molecule is CCN(CC1CCC1)CC1CCC(CN)CC1. The molecule has 0 spiro atoms. The van der Waals surface area contributed by atoms with Gasteiger partial charge < -0.3 is 10.6 Å². The van der Waals surface area contributed by atoms with Crippen LogP contribution in [0.25, 0.3) is 0 Å². The number of rotatable bonds is 6. The normalized spacial score (nSPS) is 30.5. The van der Waals surface area contributed by atoms with Gasteiger partial charge in [-0.25, -0.2) is 0 Å². The van der Waals surface area contributed by atoms with Gasteiger partial charge in [0.25, 0.3) is 0 Å². The van der Waals surface area contributed by atoms with E-state index in [1.54, 1.807) is 0 Å². The van der Waals surface area contributed by atoms with Crippen molar-refractivity contribution in [1.82, 2.24) is 4.90 Å². The van der Waals surface area contributed by atoms with Crippen LogP contribution in [0.5, 0.6) is 0 Å². The van der Waals surface area contributed by atoms with Crippen molar-refractivity contribution in [3.8, 4) is 0 Å². The summed E-state index contributed by atoms with van der Waals surface area (Å²) in [5.41, 5.74) is 5.76. The quantitative estimate of drug-likeness (QED) is 0.771. The summed E-state index contributed by atoms with van der Waals surface area (Å²) < 4.78 is 0. The van der Waals surface area contributed by atoms with Gasteiger partial charge in [0.1, 0.15) is 0 Å². The van der Waals surface area contributed by atoms with Crippen molar-refractivity contribution in [2.75, 3.05) is 26.2 Å². The highest BCUT2D eigenvalue weighted by molar-refractivity contribution is 4.78. The first-order chi connectivity index (χ1) is 8.31. The molecule has 0 aromatic carbocycles. The molecule has 100 valence electrons. The Kier molecular flexibility index (Phi) is 5.30. The van der Waals surface area contributed by atoms with E-state index in [0.29, 0.717) is 0 Å². The second-order valence-electron chi connectivity index (χ2n) is 6.27. The van der Waals surface area contributed by atoms with Gasteiger partial charge in [-0.05, 0) is 69.4 Å². The number of nitrogens with two attached hydrogens (primary N) is 1. The summed E-state index contributed by atoms with van der Waals surface area (Å²) >= 11 is 0. The lowest BCUT2D eigenvalue weighted by Gasteiger charge is -2.36. The third kappa shape index (κ3) is 3.96. The van der Waals surface area contributed by atoms with Crippen LogP contribution in [-0.2, 0) is 0 Å². The zero-order valence-electron chi connectivity index (χ0n) is 11.5. The smallest absolute Gasteiger partial charge is 0.000966 e. The van der Waals surface area contributed by atoms with Crippen LogP contribution < -0.4 is 5.73 Å². The van der Waals surface area contributed by atoms with Gasteiger partial charge in [-0.15, -0.1) is 0 Å². The van der Waals surface area contributed by atoms with E-state index in [0.717, 1.165) is 24.3 Å². The lowest BCUT2D eigenvalue weighted by molar-refractivity contribution is 0.141. The Morgan fingerprint density at radius 2 is 1.41 bits per heavy atom. The number of nitrogens with zero attached hydrogens (tertiary/aromatic N) is 1. The molecule has 2 N–H and O–H groups in total. The molecule has 0 heterocycles. The first kappa shape index (κ1) is 13.4. The van der Waals surface area contributed by atoms with Crippen LogP contribution in [0.2, 0.25) is 0 Å². The fraction of sp³-hybridized carbons (Fsp3) is 1.00. The molecule has 17 heavy (non-hydrogen) atoms. The van der Waals surface area contributed by atoms with E-state index < -0.39 is 0 Å². The predicted octanol–water partition coefficient (Wildman–Crippen LogP) is 2.87. The van der Waals surface area contributed by atoms with Gasteiger partial charge in [0.2, 0.25) is 0 Å². The number of hydrogen-bond donors (Lipinski definition) is 1. The van der Waals surface area contributed by atoms with Crippen LogP contribution in [0.4, 0.5) is 0 Å². The monoisotopic (exact) mass is 238 g/mol. The highest BCUT2D eigenvalue weighted by Crippen LogP contribution is 2.30. The Hall–Kier alpha value is -0.0800. The Labute approximate surface area is 107 Å². The molecule has 0 amide bonds. The topological polar surface area (TPSA) is 29.3 Å². The summed E-state index contributed by atoms with van der Waals surface area (Å²) in [6.45, 7) is 7.20. The molecule has 0 aliphatic heterocycles. The Morgan fingerprint density at radius 1 is 0.882 bits per heavy atom. The molecule has 2 aliphatic rings. The minimum atomic E-state index is 0.827. The maximum absolute atomic E-state index is 5.76. The second-order valence-corrected chi connectivity index (χ2v) is 6.27. The third-order valence-electron chi connectivity index (χ3n) is 5.00. The third-order valence-corrected chi connectivity index (χ3v) is 5.00. The first-order valence-corrected chi connectivity index (χ1v) is 7.74. The summed E-state index contributed by atoms with van der Waals surface area (Å²) in [4.78, 5) is 2.71. The van der Waals surface area contributed by atoms with Crippen LogP contribution >= 0.6 is 0 Å². The maximum atomic E-state index is 5.76. The van der Waals surface area contributed by atoms with Crippen molar-refractivity contribution in [1.29, 1.82) is 0 Å². The summed E-state index contributed by atoms with van der Waals surface area (Å²) in [6.07, 6.45) is 10.0. The molecule has 0 radical (unpaired) electrons. The van der Waals surface area contributed by atoms with Crippen molar-refractivity contribution >= 4 is 0 Å². The van der Waals surface area contributed by atoms with E-state index in [1.807, 2.05) is 0 Å². The lowest BCUT2D eigenvalue weighted by atomic mass is 9.81. The van der Waals surface area contributed by atoms with Crippen LogP contribution in [-0.4, -0.2) is 31.1 Å². The summed E-state index contributed by atoms with van der Waals surface area (Å²) in [5, 5.41) is 0. The van der Waals surface area contributed by atoms with Gasteiger partial charge in [0, 0.05) is 13.1 Å². The largest absolute Gasteiger partial charge is 0.330 e. The standard InChI is InChI=1S/C15H30N2/c1-2-17(11-14-4-3-5-14)12-15-8-6-13(10-16)7-9-15/h13-15H,2-12,16H2,1H3. The van der Waals surface area contributed by atoms with Crippen molar-refractivity contribution in [2.24, 2.45) is 23.5 Å². The summed E-state index contributed by atoms with van der Waals surface area (Å²) in [6, 6.07) is 0. The Bertz CT molecular complexity index is 205. The first-order valence-electron chi connectivity index (χ1n) is 7.74. The number of hydrogen-bond acceptors (Lipinski definition) is 2. The summed E-state index contributed by atoms with van der Waals surface area (Å²) in [7, 11) is 0. The van der Waals surface area contributed by atoms with E-state index in [9.17, 15) is 0 Å². The molecule has 0 aromatic rings. The molecule has 0 atom stereocenters. The van der Waals surface area contributed by atoms with Crippen LogP contribution in [0.3, 0.4) is 0 Å². The van der Waals surface area contributed by atoms with Gasteiger partial charge in [0.15, 0.2) is 0 Å². The van der Waals surface area contributed by atoms with Gasteiger partial charge in [-0.1, -0.05) is 13.3 Å². The highest BCUT2D eigenvalue weighted by Gasteiger charge is 2.24. The van der Waals surface area contributed by atoms with Crippen molar-refractivity contribution in [3.63, 3.8) is 0 Å². The van der Waals surface area contributed by atoms with Gasteiger partial charge >= 0.3 is 0 Å². The zero-order valence-corrected chi connectivity index (χ0v) is 11.5. The molecular formula is C15H30N2. The van der Waals surface area contributed by atoms with E-state index in [1.165, 1.54) is 64.6 Å². The molecule has 2 heteroatoms. The second kappa shape index (κ2) is 6.75. The molecule has 0 unspecified atom stereocenters. The minimum absolute atomic E-state index is 0.827. The molecular weight excluding hydrogens is 208 g/mol. The zero-order chi connectivity index (χ0) is 12.1. The van der Waals surface area contributed by atoms with Crippen molar-refractivity contribution in [2.45, 2.75) is 51.9 Å².